The fourth-order valence-electron chi connectivity index (χ4n) is 1.08. The summed E-state index contributed by atoms with van der Waals surface area (Å²) in [5.41, 5.74) is -0.0817. The Morgan fingerprint density at radius 1 is 1.27 bits per heavy atom. The molecule has 3 nitrogen and oxygen atoms in total. The Morgan fingerprint density at radius 2 is 1.87 bits per heavy atom. The lowest BCUT2D eigenvalue weighted by molar-refractivity contribution is 0.00693. The molecule has 1 aromatic carbocycles. The van der Waals surface area contributed by atoms with Crippen molar-refractivity contribution in [3.8, 4) is 0 Å². The van der Waals surface area contributed by atoms with Crippen molar-refractivity contribution in [1.29, 1.82) is 0 Å². The van der Waals surface area contributed by atoms with Crippen molar-refractivity contribution >= 4 is 12.3 Å². The normalized spacial score (nSPS) is 10.9. The van der Waals surface area contributed by atoms with Crippen molar-refractivity contribution in [2.75, 3.05) is 0 Å². The summed E-state index contributed by atoms with van der Waals surface area (Å²) in [5.74, 6) is -0.499. The molecule has 0 saturated heterocycles. The molecule has 3 heteroatoms. The number of carbonyl (C=O) groups is 1. The van der Waals surface area contributed by atoms with Gasteiger partial charge in [-0.15, -0.1) is 0 Å². The zero-order chi connectivity index (χ0) is 11.5. The SMILES string of the molecule is CC(C)(C)OC(=O)c1ccccc1[C]=O. The van der Waals surface area contributed by atoms with Gasteiger partial charge in [-0.05, 0) is 26.8 Å². The molecule has 0 heterocycles. The summed E-state index contributed by atoms with van der Waals surface area (Å²) in [5, 5.41) is 0. The Bertz CT molecular complexity index is 375. The molecule has 0 unspecified atom stereocenters. The molecule has 0 N–H and O–H groups in total. The first kappa shape index (κ1) is 11.4. The van der Waals surface area contributed by atoms with Crippen LogP contribution in [0.15, 0.2) is 24.3 Å². The Hall–Kier alpha value is -1.64. The van der Waals surface area contributed by atoms with Crippen molar-refractivity contribution in [3.63, 3.8) is 0 Å². The van der Waals surface area contributed by atoms with E-state index in [9.17, 15) is 9.59 Å². The van der Waals surface area contributed by atoms with Gasteiger partial charge in [-0.25, -0.2) is 4.79 Å². The number of carbonyl (C=O) groups excluding carboxylic acids is 2. The van der Waals surface area contributed by atoms with Crippen LogP contribution in [-0.2, 0) is 9.53 Å². The van der Waals surface area contributed by atoms with Crippen LogP contribution in [-0.4, -0.2) is 17.9 Å². The second-order valence-corrected chi connectivity index (χ2v) is 4.15. The van der Waals surface area contributed by atoms with Crippen LogP contribution in [0.1, 0.15) is 36.7 Å². The third-order valence-corrected chi connectivity index (χ3v) is 1.66. The van der Waals surface area contributed by atoms with E-state index in [1.165, 1.54) is 6.07 Å². The minimum Gasteiger partial charge on any atom is -0.456 e. The third kappa shape index (κ3) is 3.20. The lowest BCUT2D eigenvalue weighted by Gasteiger charge is -2.19. The number of ether oxygens (including phenoxy) is 1. The maximum absolute atomic E-state index is 11.6. The van der Waals surface area contributed by atoms with Crippen molar-refractivity contribution in [3.05, 3.63) is 35.4 Å². The monoisotopic (exact) mass is 205 g/mol. The lowest BCUT2D eigenvalue weighted by atomic mass is 10.1. The first-order valence-electron chi connectivity index (χ1n) is 4.64. The van der Waals surface area contributed by atoms with Gasteiger partial charge in [0.05, 0.1) is 5.56 Å². The molecule has 0 atom stereocenters. The van der Waals surface area contributed by atoms with Gasteiger partial charge in [-0.2, -0.15) is 0 Å². The van der Waals surface area contributed by atoms with E-state index >= 15 is 0 Å². The van der Waals surface area contributed by atoms with Gasteiger partial charge in [-0.3, -0.25) is 4.79 Å². The summed E-state index contributed by atoms with van der Waals surface area (Å²) < 4.78 is 5.15. The molecule has 1 radical (unpaired) electrons. The Labute approximate surface area is 89.1 Å². The summed E-state index contributed by atoms with van der Waals surface area (Å²) in [7, 11) is 0. The molecule has 79 valence electrons. The van der Waals surface area contributed by atoms with Gasteiger partial charge in [0.1, 0.15) is 5.60 Å². The molecule has 0 aliphatic heterocycles. The van der Waals surface area contributed by atoms with Crippen LogP contribution in [0, 0.1) is 0 Å². The molecule has 0 bridgehead atoms. The van der Waals surface area contributed by atoms with E-state index in [4.69, 9.17) is 4.74 Å². The van der Waals surface area contributed by atoms with Crippen LogP contribution >= 0.6 is 0 Å². The van der Waals surface area contributed by atoms with E-state index in [0.29, 0.717) is 0 Å². The predicted molar refractivity (Wildman–Crippen MR) is 56.4 cm³/mol. The van der Waals surface area contributed by atoms with E-state index in [-0.39, 0.29) is 11.1 Å². The maximum Gasteiger partial charge on any atom is 0.339 e. The van der Waals surface area contributed by atoms with E-state index in [2.05, 4.69) is 0 Å². The minimum atomic E-state index is -0.562. The van der Waals surface area contributed by atoms with Crippen LogP contribution in [0.25, 0.3) is 0 Å². The highest BCUT2D eigenvalue weighted by Gasteiger charge is 2.19. The fraction of sp³-hybridized carbons (Fsp3) is 0.333. The largest absolute Gasteiger partial charge is 0.456 e. The summed E-state index contributed by atoms with van der Waals surface area (Å²) in [6, 6.07) is 6.44. The number of rotatable bonds is 2. The number of benzene rings is 1. The standard InChI is InChI=1S/C12H13O3/c1-12(2,3)15-11(14)10-7-5-4-6-9(10)8-13/h4-7H,1-3H3. The van der Waals surface area contributed by atoms with Crippen molar-refractivity contribution < 1.29 is 14.3 Å². The molecule has 0 aromatic heterocycles. The van der Waals surface area contributed by atoms with Crippen molar-refractivity contribution in [2.45, 2.75) is 26.4 Å². The molecule has 0 spiro atoms. The Morgan fingerprint density at radius 3 is 2.40 bits per heavy atom. The van der Waals surface area contributed by atoms with E-state index in [1.54, 1.807) is 45.3 Å². The van der Waals surface area contributed by atoms with Crippen LogP contribution < -0.4 is 0 Å². The van der Waals surface area contributed by atoms with Crippen LogP contribution in [0.5, 0.6) is 0 Å². The van der Waals surface area contributed by atoms with Crippen LogP contribution in [0.4, 0.5) is 0 Å². The molecule has 0 amide bonds. The van der Waals surface area contributed by atoms with Gasteiger partial charge >= 0.3 is 5.97 Å². The molecular weight excluding hydrogens is 192 g/mol. The summed E-state index contributed by atoms with van der Waals surface area (Å²) >= 11 is 0. The number of esters is 1. The quantitative estimate of drug-likeness (QED) is 0.694. The molecule has 0 aliphatic carbocycles. The maximum atomic E-state index is 11.6. The van der Waals surface area contributed by atoms with Crippen LogP contribution in [0.2, 0.25) is 0 Å². The second kappa shape index (κ2) is 4.26. The molecule has 0 aliphatic rings. The molecular formula is C12H13O3. The van der Waals surface area contributed by atoms with Gasteiger partial charge in [0.15, 0.2) is 0 Å². The van der Waals surface area contributed by atoms with E-state index in [1.807, 2.05) is 0 Å². The topological polar surface area (TPSA) is 43.4 Å². The van der Waals surface area contributed by atoms with Gasteiger partial charge in [0.25, 0.3) is 0 Å². The van der Waals surface area contributed by atoms with E-state index < -0.39 is 11.6 Å². The molecule has 15 heavy (non-hydrogen) atoms. The second-order valence-electron chi connectivity index (χ2n) is 4.15. The number of hydrogen-bond acceptors (Lipinski definition) is 3. The van der Waals surface area contributed by atoms with Crippen LogP contribution in [0.3, 0.4) is 0 Å². The lowest BCUT2D eigenvalue weighted by Crippen LogP contribution is -2.24. The average molecular weight is 205 g/mol. The highest BCUT2D eigenvalue weighted by atomic mass is 16.6. The van der Waals surface area contributed by atoms with E-state index in [0.717, 1.165) is 0 Å². The smallest absolute Gasteiger partial charge is 0.339 e. The molecule has 0 fully saturated rings. The highest BCUT2D eigenvalue weighted by molar-refractivity contribution is 5.98. The first-order valence-corrected chi connectivity index (χ1v) is 4.64. The Kier molecular flexibility index (Phi) is 3.24. The predicted octanol–water partition coefficient (Wildman–Crippen LogP) is 2.10. The summed E-state index contributed by atoms with van der Waals surface area (Å²) in [4.78, 5) is 22.2. The fourth-order valence-corrected chi connectivity index (χ4v) is 1.08. The van der Waals surface area contributed by atoms with Crippen molar-refractivity contribution in [2.24, 2.45) is 0 Å². The van der Waals surface area contributed by atoms with Gasteiger partial charge < -0.3 is 4.74 Å². The Balaban J connectivity index is 2.96. The highest BCUT2D eigenvalue weighted by Crippen LogP contribution is 2.14. The number of hydrogen-bond donors (Lipinski definition) is 0. The summed E-state index contributed by atoms with van der Waals surface area (Å²) in [6.45, 7) is 5.33. The third-order valence-electron chi connectivity index (χ3n) is 1.66. The minimum absolute atomic E-state index is 0.228. The molecule has 0 saturated carbocycles. The zero-order valence-electron chi connectivity index (χ0n) is 9.03. The first-order chi connectivity index (χ1) is 6.94. The van der Waals surface area contributed by atoms with Gasteiger partial charge in [0.2, 0.25) is 6.29 Å². The van der Waals surface area contributed by atoms with Gasteiger partial charge in [-0.1, -0.05) is 18.2 Å². The molecule has 1 rings (SSSR count). The van der Waals surface area contributed by atoms with Crippen molar-refractivity contribution in [1.82, 2.24) is 0 Å². The summed E-state index contributed by atoms with van der Waals surface area (Å²) in [6.07, 6.45) is 1.71. The average Bonchev–Trinajstić information content (AvgIpc) is 2.15. The zero-order valence-corrected chi connectivity index (χ0v) is 9.03. The van der Waals surface area contributed by atoms with Gasteiger partial charge in [0, 0.05) is 5.56 Å². The molecule has 1 aromatic rings.